The number of nitrogens with one attached hydrogen (secondary N) is 1. The molecule has 32 heavy (non-hydrogen) atoms. The summed E-state index contributed by atoms with van der Waals surface area (Å²) in [5.41, 5.74) is 0.213. The van der Waals surface area contributed by atoms with E-state index in [4.69, 9.17) is 18.3 Å². The molecule has 1 N–H and O–H groups in total. The van der Waals surface area contributed by atoms with Gasteiger partial charge in [-0.05, 0) is 52.3 Å². The minimum Gasteiger partial charge on any atom is -0.444 e. The highest BCUT2D eigenvalue weighted by atomic mass is 79.9. The number of hydrogen-bond acceptors (Lipinski definition) is 9. The fourth-order valence-electron chi connectivity index (χ4n) is 2.64. The fraction of sp³-hybridized carbons (Fsp3) is 0.316. The number of benzene rings is 1. The van der Waals surface area contributed by atoms with Gasteiger partial charge in [-0.25, -0.2) is 8.42 Å². The summed E-state index contributed by atoms with van der Waals surface area (Å²) in [5.74, 6) is -0.106. The highest BCUT2D eigenvalue weighted by molar-refractivity contribution is 9.10. The van der Waals surface area contributed by atoms with E-state index in [9.17, 15) is 13.2 Å². The number of amides is 1. The number of ether oxygens (including phenoxy) is 2. The lowest BCUT2D eigenvalue weighted by Gasteiger charge is -2.21. The normalized spacial score (nSPS) is 11.8. The van der Waals surface area contributed by atoms with Crippen molar-refractivity contribution < 1.29 is 31.5 Å². The number of sulfonamides is 1. The van der Waals surface area contributed by atoms with Crippen LogP contribution in [-0.2, 0) is 19.5 Å². The van der Waals surface area contributed by atoms with Gasteiger partial charge in [0.15, 0.2) is 10.4 Å². The maximum Gasteiger partial charge on any atom is 0.322 e. The summed E-state index contributed by atoms with van der Waals surface area (Å²) in [7, 11) is -0.797. The van der Waals surface area contributed by atoms with Gasteiger partial charge in [0.25, 0.3) is 11.8 Å². The second kappa shape index (κ2) is 10.8. The summed E-state index contributed by atoms with van der Waals surface area (Å²) >= 11 is 3.18. The highest BCUT2D eigenvalue weighted by Crippen LogP contribution is 2.25. The van der Waals surface area contributed by atoms with E-state index >= 15 is 0 Å². The van der Waals surface area contributed by atoms with E-state index in [1.165, 1.54) is 42.8 Å². The maximum atomic E-state index is 12.9. The second-order valence-electron chi connectivity index (χ2n) is 6.38. The molecule has 0 bridgehead atoms. The van der Waals surface area contributed by atoms with E-state index in [0.717, 1.165) is 0 Å². The van der Waals surface area contributed by atoms with Gasteiger partial charge < -0.3 is 18.3 Å². The molecule has 0 atom stereocenters. The first-order valence-corrected chi connectivity index (χ1v) is 11.6. The van der Waals surface area contributed by atoms with Gasteiger partial charge in [-0.1, -0.05) is 5.10 Å². The van der Waals surface area contributed by atoms with Crippen molar-refractivity contribution in [3.8, 4) is 11.7 Å². The minimum atomic E-state index is -3.79. The number of hydrogen-bond donors (Lipinski definition) is 1. The molecule has 3 aromatic rings. The average Bonchev–Trinajstić information content (AvgIpc) is 3.42. The molecule has 0 aliphatic heterocycles. The molecule has 13 heteroatoms. The number of furan rings is 1. The Labute approximate surface area is 192 Å². The minimum absolute atomic E-state index is 0.0460. The van der Waals surface area contributed by atoms with E-state index in [1.54, 1.807) is 12.1 Å². The van der Waals surface area contributed by atoms with Crippen molar-refractivity contribution in [2.24, 2.45) is 0 Å². The lowest BCUT2D eigenvalue weighted by molar-refractivity contribution is 0.102. The molecule has 3 rings (SSSR count). The predicted octanol–water partition coefficient (Wildman–Crippen LogP) is 2.63. The van der Waals surface area contributed by atoms with Crippen LogP contribution in [0.1, 0.15) is 10.4 Å². The molecule has 0 radical (unpaired) electrons. The zero-order chi connectivity index (χ0) is 23.1. The molecule has 2 heterocycles. The Kier molecular flexibility index (Phi) is 8.15. The Hall–Kier alpha value is -2.58. The van der Waals surface area contributed by atoms with Gasteiger partial charge in [-0.3, -0.25) is 10.1 Å². The molecule has 1 amide bonds. The molecule has 0 aliphatic rings. The number of methoxy groups -OCH3 is 2. The Morgan fingerprint density at radius 3 is 2.25 bits per heavy atom. The van der Waals surface area contributed by atoms with Crippen molar-refractivity contribution in [2.45, 2.75) is 4.90 Å². The van der Waals surface area contributed by atoms with Crippen molar-refractivity contribution in [1.29, 1.82) is 0 Å². The zero-order valence-corrected chi connectivity index (χ0v) is 19.7. The van der Waals surface area contributed by atoms with Gasteiger partial charge in [0.2, 0.25) is 10.0 Å². The number of halogens is 1. The summed E-state index contributed by atoms with van der Waals surface area (Å²) in [6.45, 7) is 0.835. The van der Waals surface area contributed by atoms with Gasteiger partial charge in [0.1, 0.15) is 0 Å². The highest BCUT2D eigenvalue weighted by Gasteiger charge is 2.24. The van der Waals surface area contributed by atoms with Crippen LogP contribution in [0.4, 0.5) is 6.01 Å². The molecule has 0 saturated heterocycles. The predicted molar refractivity (Wildman–Crippen MR) is 117 cm³/mol. The zero-order valence-electron chi connectivity index (χ0n) is 17.3. The number of carbonyl (C=O) groups excluding carboxylic acids is 1. The summed E-state index contributed by atoms with van der Waals surface area (Å²) < 4.78 is 48.3. The summed E-state index contributed by atoms with van der Waals surface area (Å²) in [5, 5.41) is 10.0. The maximum absolute atomic E-state index is 12.9. The van der Waals surface area contributed by atoms with Crippen LogP contribution in [-0.4, -0.2) is 69.4 Å². The average molecular weight is 529 g/mol. The van der Waals surface area contributed by atoms with Crippen LogP contribution < -0.4 is 5.32 Å². The first kappa shape index (κ1) is 24.1. The molecular weight excluding hydrogens is 508 g/mol. The molecule has 0 spiro atoms. The van der Waals surface area contributed by atoms with Crippen LogP contribution in [0.15, 0.2) is 54.8 Å². The number of nitrogens with zero attached hydrogens (tertiary/aromatic N) is 3. The molecule has 0 fully saturated rings. The quantitative estimate of drug-likeness (QED) is 0.397. The topological polar surface area (TPSA) is 137 Å². The Morgan fingerprint density at radius 1 is 1.03 bits per heavy atom. The summed E-state index contributed by atoms with van der Waals surface area (Å²) in [6, 6.07) is 8.68. The lowest BCUT2D eigenvalue weighted by Crippen LogP contribution is -2.36. The lowest BCUT2D eigenvalue weighted by atomic mass is 10.2. The van der Waals surface area contributed by atoms with Gasteiger partial charge in [-0.2, -0.15) is 4.31 Å². The van der Waals surface area contributed by atoms with E-state index in [2.05, 4.69) is 31.4 Å². The van der Waals surface area contributed by atoms with Gasteiger partial charge in [0.05, 0.1) is 18.1 Å². The first-order chi connectivity index (χ1) is 15.3. The Bertz CT molecular complexity index is 1140. The third-order valence-corrected chi connectivity index (χ3v) is 6.61. The van der Waals surface area contributed by atoms with Gasteiger partial charge in [0, 0.05) is 32.9 Å². The van der Waals surface area contributed by atoms with Crippen LogP contribution in [0, 0.1) is 0 Å². The van der Waals surface area contributed by atoms with Gasteiger partial charge in [-0.15, -0.1) is 5.10 Å². The number of anilines is 1. The van der Waals surface area contributed by atoms with Crippen LogP contribution in [0.2, 0.25) is 0 Å². The van der Waals surface area contributed by atoms with Crippen LogP contribution >= 0.6 is 15.9 Å². The monoisotopic (exact) mass is 528 g/mol. The smallest absolute Gasteiger partial charge is 0.322 e. The molecule has 11 nitrogen and oxygen atoms in total. The van der Waals surface area contributed by atoms with Gasteiger partial charge >= 0.3 is 6.01 Å². The van der Waals surface area contributed by atoms with Crippen molar-refractivity contribution >= 4 is 37.9 Å². The Morgan fingerprint density at radius 2 is 1.69 bits per heavy atom. The standard InChI is InChI=1S/C19H21BrN4O7S/c1-28-11-9-24(10-12-29-2)32(26,27)14-5-3-13(4-6-14)17(25)21-19-23-22-18(31-19)15-7-8-16(20)30-15/h3-8H,9-12H2,1-2H3,(H,21,23,25). The summed E-state index contributed by atoms with van der Waals surface area (Å²) in [6.07, 6.45) is 0. The van der Waals surface area contributed by atoms with E-state index < -0.39 is 15.9 Å². The number of rotatable bonds is 11. The van der Waals surface area contributed by atoms with Crippen molar-refractivity contribution in [3.05, 3.63) is 46.6 Å². The third kappa shape index (κ3) is 5.81. The number of aromatic nitrogens is 2. The van der Waals surface area contributed by atoms with E-state index in [1.807, 2.05) is 0 Å². The van der Waals surface area contributed by atoms with Crippen molar-refractivity contribution in [1.82, 2.24) is 14.5 Å². The fourth-order valence-corrected chi connectivity index (χ4v) is 4.35. The molecule has 172 valence electrons. The number of carbonyl (C=O) groups is 1. The molecular formula is C19H21BrN4O7S. The molecule has 0 saturated carbocycles. The largest absolute Gasteiger partial charge is 0.444 e. The van der Waals surface area contributed by atoms with Crippen molar-refractivity contribution in [3.63, 3.8) is 0 Å². The Balaban J connectivity index is 1.70. The van der Waals surface area contributed by atoms with Crippen LogP contribution in [0.3, 0.4) is 0 Å². The third-order valence-electron chi connectivity index (χ3n) is 4.27. The molecule has 1 aromatic carbocycles. The molecule has 0 unspecified atom stereocenters. The SMILES string of the molecule is COCCN(CCOC)S(=O)(=O)c1ccc(C(=O)Nc2nnc(-c3ccc(Br)o3)o2)cc1. The second-order valence-corrected chi connectivity index (χ2v) is 9.10. The van der Waals surface area contributed by atoms with Crippen molar-refractivity contribution in [2.75, 3.05) is 45.8 Å². The first-order valence-electron chi connectivity index (χ1n) is 9.34. The van der Waals surface area contributed by atoms with Crippen LogP contribution in [0.5, 0.6) is 0 Å². The van der Waals surface area contributed by atoms with Crippen LogP contribution in [0.25, 0.3) is 11.7 Å². The molecule has 2 aromatic heterocycles. The molecule has 0 aliphatic carbocycles. The van der Waals surface area contributed by atoms with E-state index in [0.29, 0.717) is 10.4 Å². The summed E-state index contributed by atoms with van der Waals surface area (Å²) in [4.78, 5) is 12.5. The van der Waals surface area contributed by atoms with E-state index in [-0.39, 0.29) is 48.7 Å².